The molecule has 0 bridgehead atoms. The van der Waals surface area contributed by atoms with E-state index in [-0.39, 0.29) is 11.8 Å². The number of nitrogens with one attached hydrogen (secondary N) is 1. The number of carbonyl (C=O) groups excluding carboxylic acids is 1. The van der Waals surface area contributed by atoms with Gasteiger partial charge >= 0.3 is 0 Å². The van der Waals surface area contributed by atoms with Crippen molar-refractivity contribution in [1.29, 1.82) is 0 Å². The van der Waals surface area contributed by atoms with E-state index in [1.165, 1.54) is 0 Å². The smallest absolute Gasteiger partial charge is 0.270 e. The fraction of sp³-hybridized carbons (Fsp3) is 0.190. The van der Waals surface area contributed by atoms with Crippen molar-refractivity contribution in [1.82, 2.24) is 20.0 Å². The highest BCUT2D eigenvalue weighted by Gasteiger charge is 2.36. The van der Waals surface area contributed by atoms with Crippen LogP contribution in [0, 0.1) is 0 Å². The van der Waals surface area contributed by atoms with Crippen LogP contribution in [-0.4, -0.2) is 46.1 Å². The van der Waals surface area contributed by atoms with Gasteiger partial charge in [-0.2, -0.15) is 4.98 Å². The Morgan fingerprint density at radius 3 is 2.79 bits per heavy atom. The molecule has 1 N–H and O–H groups in total. The predicted molar refractivity (Wildman–Crippen MR) is 103 cm³/mol. The van der Waals surface area contributed by atoms with Crippen molar-refractivity contribution in [2.45, 2.75) is 5.92 Å². The van der Waals surface area contributed by atoms with Gasteiger partial charge in [-0.1, -0.05) is 35.5 Å². The summed E-state index contributed by atoms with van der Waals surface area (Å²) in [4.78, 5) is 22.2. The van der Waals surface area contributed by atoms with Gasteiger partial charge < -0.3 is 19.1 Å². The quantitative estimate of drug-likeness (QED) is 0.591. The molecule has 0 atom stereocenters. The van der Waals surface area contributed by atoms with Crippen LogP contribution in [0.4, 0.5) is 0 Å². The molecule has 140 valence electrons. The SMILES string of the molecule is COc1ccc2cc(C(=O)N3CC(c4nc(-c5ccccc5)no4)C3)[nH]c2c1. The van der Waals surface area contributed by atoms with E-state index in [1.807, 2.05) is 54.6 Å². The molecule has 7 heteroatoms. The van der Waals surface area contributed by atoms with Crippen LogP contribution >= 0.6 is 0 Å². The molecular formula is C21H18N4O3. The monoisotopic (exact) mass is 374 g/mol. The van der Waals surface area contributed by atoms with E-state index in [4.69, 9.17) is 9.26 Å². The molecule has 1 aliphatic rings. The summed E-state index contributed by atoms with van der Waals surface area (Å²) in [5.74, 6) is 1.94. The Hall–Kier alpha value is -3.61. The third kappa shape index (κ3) is 2.81. The summed E-state index contributed by atoms with van der Waals surface area (Å²) in [5.41, 5.74) is 2.36. The summed E-state index contributed by atoms with van der Waals surface area (Å²) in [6, 6.07) is 17.3. The normalized spacial score (nSPS) is 14.2. The lowest BCUT2D eigenvalue weighted by Gasteiger charge is -2.36. The number of carbonyl (C=O) groups is 1. The van der Waals surface area contributed by atoms with Crippen molar-refractivity contribution in [2.75, 3.05) is 20.2 Å². The van der Waals surface area contributed by atoms with Crippen LogP contribution in [0.15, 0.2) is 59.1 Å². The summed E-state index contributed by atoms with van der Waals surface area (Å²) in [5, 5.41) is 5.03. The molecule has 0 unspecified atom stereocenters. The zero-order chi connectivity index (χ0) is 19.1. The molecule has 0 radical (unpaired) electrons. The zero-order valence-electron chi connectivity index (χ0n) is 15.3. The molecule has 5 rings (SSSR count). The van der Waals surface area contributed by atoms with Gasteiger partial charge in [-0.05, 0) is 18.2 Å². The minimum atomic E-state index is -0.0331. The minimum absolute atomic E-state index is 0.0331. The molecule has 1 aliphatic heterocycles. The van der Waals surface area contributed by atoms with Crippen molar-refractivity contribution in [3.05, 3.63) is 66.2 Å². The Balaban J connectivity index is 1.28. The van der Waals surface area contributed by atoms with Gasteiger partial charge in [-0.15, -0.1) is 0 Å². The molecule has 0 saturated carbocycles. The number of ether oxygens (including phenoxy) is 1. The molecule has 1 fully saturated rings. The first-order valence-corrected chi connectivity index (χ1v) is 9.06. The molecule has 1 saturated heterocycles. The molecule has 0 spiro atoms. The average Bonchev–Trinajstić information content (AvgIpc) is 3.34. The van der Waals surface area contributed by atoms with Gasteiger partial charge in [0.15, 0.2) is 0 Å². The Morgan fingerprint density at radius 2 is 2.00 bits per heavy atom. The second-order valence-electron chi connectivity index (χ2n) is 6.87. The summed E-state index contributed by atoms with van der Waals surface area (Å²) in [6.07, 6.45) is 0. The van der Waals surface area contributed by atoms with E-state index in [1.54, 1.807) is 12.0 Å². The summed E-state index contributed by atoms with van der Waals surface area (Å²) >= 11 is 0. The molecule has 0 aliphatic carbocycles. The van der Waals surface area contributed by atoms with E-state index < -0.39 is 0 Å². The maximum Gasteiger partial charge on any atom is 0.270 e. The highest BCUT2D eigenvalue weighted by Crippen LogP contribution is 2.29. The number of amides is 1. The number of hydrogen-bond donors (Lipinski definition) is 1. The van der Waals surface area contributed by atoms with Crippen molar-refractivity contribution < 1.29 is 14.1 Å². The van der Waals surface area contributed by atoms with E-state index in [9.17, 15) is 4.79 Å². The van der Waals surface area contributed by atoms with E-state index in [0.29, 0.717) is 30.5 Å². The van der Waals surface area contributed by atoms with Crippen LogP contribution in [-0.2, 0) is 0 Å². The lowest BCUT2D eigenvalue weighted by molar-refractivity contribution is 0.0564. The molecule has 1 amide bonds. The molecule has 4 aromatic rings. The van der Waals surface area contributed by atoms with Gasteiger partial charge in [0.1, 0.15) is 11.4 Å². The standard InChI is InChI=1S/C21H18N4O3/c1-27-16-8-7-14-9-18(22-17(14)10-16)21(26)25-11-15(12-25)20-23-19(24-28-20)13-5-3-2-4-6-13/h2-10,15,22H,11-12H2,1H3. The molecule has 2 aromatic carbocycles. The zero-order valence-corrected chi connectivity index (χ0v) is 15.3. The first-order valence-electron chi connectivity index (χ1n) is 9.06. The van der Waals surface area contributed by atoms with Crippen molar-refractivity contribution in [3.63, 3.8) is 0 Å². The van der Waals surface area contributed by atoms with E-state index in [2.05, 4.69) is 15.1 Å². The van der Waals surface area contributed by atoms with Gasteiger partial charge in [0.25, 0.3) is 5.91 Å². The number of benzene rings is 2. The molecule has 7 nitrogen and oxygen atoms in total. The minimum Gasteiger partial charge on any atom is -0.497 e. The highest BCUT2D eigenvalue weighted by molar-refractivity contribution is 5.98. The number of likely N-dealkylation sites (tertiary alicyclic amines) is 1. The number of methoxy groups -OCH3 is 1. The van der Waals surface area contributed by atoms with Crippen molar-refractivity contribution in [3.8, 4) is 17.1 Å². The van der Waals surface area contributed by atoms with Crippen LogP contribution in [0.2, 0.25) is 0 Å². The lowest BCUT2D eigenvalue weighted by atomic mass is 9.99. The topological polar surface area (TPSA) is 84.2 Å². The lowest BCUT2D eigenvalue weighted by Crippen LogP contribution is -2.48. The van der Waals surface area contributed by atoms with Gasteiger partial charge in [-0.3, -0.25) is 4.79 Å². The molecule has 2 aromatic heterocycles. The van der Waals surface area contributed by atoms with Crippen molar-refractivity contribution in [2.24, 2.45) is 0 Å². The third-order valence-electron chi connectivity index (χ3n) is 5.05. The first-order chi connectivity index (χ1) is 13.7. The number of nitrogens with zero attached hydrogens (tertiary/aromatic N) is 3. The first kappa shape index (κ1) is 16.6. The maximum absolute atomic E-state index is 12.8. The summed E-state index contributed by atoms with van der Waals surface area (Å²) in [6.45, 7) is 1.13. The summed E-state index contributed by atoms with van der Waals surface area (Å²) < 4.78 is 10.6. The van der Waals surface area contributed by atoms with E-state index >= 15 is 0 Å². The third-order valence-corrected chi connectivity index (χ3v) is 5.05. The molecule has 3 heterocycles. The maximum atomic E-state index is 12.8. The second-order valence-corrected chi connectivity index (χ2v) is 6.87. The van der Waals surface area contributed by atoms with Crippen LogP contribution in [0.1, 0.15) is 22.3 Å². The number of H-pyrrole nitrogens is 1. The van der Waals surface area contributed by atoms with Gasteiger partial charge in [0, 0.05) is 35.6 Å². The van der Waals surface area contributed by atoms with Crippen molar-refractivity contribution >= 4 is 16.8 Å². The average molecular weight is 374 g/mol. The van der Waals surface area contributed by atoms with Gasteiger partial charge in [0.05, 0.1) is 13.0 Å². The Morgan fingerprint density at radius 1 is 1.18 bits per heavy atom. The fourth-order valence-electron chi connectivity index (χ4n) is 3.42. The second kappa shape index (κ2) is 6.53. The van der Waals surface area contributed by atoms with Gasteiger partial charge in [0.2, 0.25) is 11.7 Å². The fourth-order valence-corrected chi connectivity index (χ4v) is 3.42. The van der Waals surface area contributed by atoms with Crippen LogP contribution < -0.4 is 4.74 Å². The Bertz CT molecular complexity index is 1140. The highest BCUT2D eigenvalue weighted by atomic mass is 16.5. The number of aromatic amines is 1. The van der Waals surface area contributed by atoms with Gasteiger partial charge in [-0.25, -0.2) is 0 Å². The number of hydrogen-bond acceptors (Lipinski definition) is 5. The summed E-state index contributed by atoms with van der Waals surface area (Å²) in [7, 11) is 1.62. The van der Waals surface area contributed by atoms with Crippen LogP contribution in [0.25, 0.3) is 22.3 Å². The number of aromatic nitrogens is 3. The predicted octanol–water partition coefficient (Wildman–Crippen LogP) is 3.47. The number of rotatable bonds is 4. The molecular weight excluding hydrogens is 356 g/mol. The molecule has 28 heavy (non-hydrogen) atoms. The Labute approximate surface area is 160 Å². The Kier molecular flexibility index (Phi) is 3.86. The number of fused-ring (bicyclic) bond motifs is 1. The largest absolute Gasteiger partial charge is 0.497 e. The van der Waals surface area contributed by atoms with Crippen LogP contribution in [0.3, 0.4) is 0 Å². The van der Waals surface area contributed by atoms with Crippen LogP contribution in [0.5, 0.6) is 5.75 Å². The van der Waals surface area contributed by atoms with E-state index in [0.717, 1.165) is 22.2 Å².